The second kappa shape index (κ2) is 4.06. The maximum atomic E-state index is 10.8. The Kier molecular flexibility index (Phi) is 2.79. The average Bonchev–Trinajstić information content (AvgIpc) is 2.68. The quantitative estimate of drug-likeness (QED) is 0.799. The molecule has 1 aromatic heterocycles. The predicted molar refractivity (Wildman–Crippen MR) is 53.4 cm³/mol. The van der Waals surface area contributed by atoms with Gasteiger partial charge in [0.05, 0.1) is 5.01 Å². The number of rotatable bonds is 2. The van der Waals surface area contributed by atoms with Crippen LogP contribution in [0.3, 0.4) is 0 Å². The van der Waals surface area contributed by atoms with E-state index in [-0.39, 0.29) is 0 Å². The van der Waals surface area contributed by atoms with Crippen LogP contribution in [0.5, 0.6) is 0 Å². The summed E-state index contributed by atoms with van der Waals surface area (Å²) in [5.74, 6) is 0.00131. The Morgan fingerprint density at radius 1 is 1.57 bits per heavy atom. The molecule has 2 heterocycles. The van der Waals surface area contributed by atoms with Crippen LogP contribution in [0, 0.1) is 0 Å². The maximum absolute atomic E-state index is 10.8. The molecule has 5 heteroatoms. The van der Waals surface area contributed by atoms with E-state index in [1.807, 2.05) is 0 Å². The highest BCUT2D eigenvalue weighted by Gasteiger charge is 2.19. The van der Waals surface area contributed by atoms with E-state index in [0.717, 1.165) is 31.1 Å². The van der Waals surface area contributed by atoms with Crippen molar-refractivity contribution in [1.82, 2.24) is 4.98 Å². The number of carbonyl (C=O) groups excluding carboxylic acids is 1. The van der Waals surface area contributed by atoms with E-state index in [0.29, 0.717) is 11.6 Å². The molecule has 0 unspecified atom stereocenters. The fourth-order valence-electron chi connectivity index (χ4n) is 1.53. The number of nitrogens with two attached hydrogens (primary N) is 1. The summed E-state index contributed by atoms with van der Waals surface area (Å²) in [5.41, 5.74) is 5.52. The summed E-state index contributed by atoms with van der Waals surface area (Å²) in [7, 11) is 0. The highest BCUT2D eigenvalue weighted by molar-refractivity contribution is 7.09. The molecule has 0 radical (unpaired) electrons. The number of ether oxygens (including phenoxy) is 1. The van der Waals surface area contributed by atoms with Crippen LogP contribution < -0.4 is 5.73 Å². The summed E-state index contributed by atoms with van der Waals surface area (Å²) < 4.78 is 5.26. The van der Waals surface area contributed by atoms with Crippen LogP contribution >= 0.6 is 11.3 Å². The van der Waals surface area contributed by atoms with Crippen LogP contribution in [0.1, 0.15) is 34.3 Å². The fourth-order valence-corrected chi connectivity index (χ4v) is 2.51. The third-order valence-electron chi connectivity index (χ3n) is 2.34. The SMILES string of the molecule is NC(=O)c1csc(C2CCOCC2)n1. The van der Waals surface area contributed by atoms with Crippen molar-refractivity contribution in [2.45, 2.75) is 18.8 Å². The molecule has 1 saturated heterocycles. The summed E-state index contributed by atoms with van der Waals surface area (Å²) in [4.78, 5) is 15.1. The lowest BCUT2D eigenvalue weighted by molar-refractivity contribution is 0.0852. The number of aromatic nitrogens is 1. The average molecular weight is 212 g/mol. The predicted octanol–water partition coefficient (Wildman–Crippen LogP) is 1.14. The summed E-state index contributed by atoms with van der Waals surface area (Å²) in [6, 6.07) is 0. The van der Waals surface area contributed by atoms with E-state index in [4.69, 9.17) is 10.5 Å². The van der Waals surface area contributed by atoms with Crippen molar-refractivity contribution in [1.29, 1.82) is 0 Å². The van der Waals surface area contributed by atoms with Crippen LogP contribution in [-0.4, -0.2) is 24.1 Å². The van der Waals surface area contributed by atoms with E-state index in [1.54, 1.807) is 5.38 Å². The van der Waals surface area contributed by atoms with Crippen LogP contribution in [0.2, 0.25) is 0 Å². The van der Waals surface area contributed by atoms with Gasteiger partial charge in [-0.1, -0.05) is 0 Å². The van der Waals surface area contributed by atoms with Gasteiger partial charge in [0.2, 0.25) is 0 Å². The molecule has 1 amide bonds. The first-order valence-corrected chi connectivity index (χ1v) is 5.48. The van der Waals surface area contributed by atoms with Gasteiger partial charge in [-0.2, -0.15) is 0 Å². The maximum Gasteiger partial charge on any atom is 0.268 e. The van der Waals surface area contributed by atoms with Gasteiger partial charge in [0, 0.05) is 24.5 Å². The van der Waals surface area contributed by atoms with Gasteiger partial charge < -0.3 is 10.5 Å². The van der Waals surface area contributed by atoms with Gasteiger partial charge in [-0.25, -0.2) is 4.98 Å². The van der Waals surface area contributed by atoms with Crippen LogP contribution in [0.4, 0.5) is 0 Å². The number of carbonyl (C=O) groups is 1. The number of nitrogens with zero attached hydrogens (tertiary/aromatic N) is 1. The van der Waals surface area contributed by atoms with Crippen molar-refractivity contribution in [2.75, 3.05) is 13.2 Å². The van der Waals surface area contributed by atoms with Crippen LogP contribution in [0.25, 0.3) is 0 Å². The number of hydrogen-bond donors (Lipinski definition) is 1. The van der Waals surface area contributed by atoms with Crippen molar-refractivity contribution >= 4 is 17.2 Å². The molecule has 0 spiro atoms. The normalized spacial score (nSPS) is 18.3. The van der Waals surface area contributed by atoms with Crippen LogP contribution in [-0.2, 0) is 4.74 Å². The van der Waals surface area contributed by atoms with Gasteiger partial charge in [0.1, 0.15) is 5.69 Å². The van der Waals surface area contributed by atoms with Gasteiger partial charge in [0.15, 0.2) is 0 Å². The second-order valence-corrected chi connectivity index (χ2v) is 4.21. The molecule has 1 aliphatic rings. The minimum atomic E-state index is -0.445. The minimum absolute atomic E-state index is 0.386. The summed E-state index contributed by atoms with van der Waals surface area (Å²) in [5, 5.41) is 2.75. The van der Waals surface area contributed by atoms with E-state index >= 15 is 0 Å². The zero-order chi connectivity index (χ0) is 9.97. The Balaban J connectivity index is 2.11. The summed E-state index contributed by atoms with van der Waals surface area (Å²) in [6.07, 6.45) is 1.98. The number of thiazole rings is 1. The highest BCUT2D eigenvalue weighted by Crippen LogP contribution is 2.28. The molecule has 14 heavy (non-hydrogen) atoms. The van der Waals surface area contributed by atoms with Gasteiger partial charge in [-0.3, -0.25) is 4.79 Å². The largest absolute Gasteiger partial charge is 0.381 e. The molecule has 0 bridgehead atoms. The second-order valence-electron chi connectivity index (χ2n) is 3.32. The Morgan fingerprint density at radius 2 is 2.29 bits per heavy atom. The van der Waals surface area contributed by atoms with E-state index in [9.17, 15) is 4.79 Å². The van der Waals surface area contributed by atoms with Crippen molar-refractivity contribution in [3.63, 3.8) is 0 Å². The fraction of sp³-hybridized carbons (Fsp3) is 0.556. The molecule has 0 aromatic carbocycles. The Labute approximate surface area is 86.1 Å². The van der Waals surface area contributed by atoms with Crippen molar-refractivity contribution in [3.05, 3.63) is 16.1 Å². The third kappa shape index (κ3) is 1.93. The van der Waals surface area contributed by atoms with Gasteiger partial charge >= 0.3 is 0 Å². The first-order chi connectivity index (χ1) is 6.77. The van der Waals surface area contributed by atoms with E-state index in [1.165, 1.54) is 11.3 Å². The van der Waals surface area contributed by atoms with Crippen LogP contribution in [0.15, 0.2) is 5.38 Å². The molecule has 2 rings (SSSR count). The molecule has 0 saturated carbocycles. The minimum Gasteiger partial charge on any atom is -0.381 e. The summed E-state index contributed by atoms with van der Waals surface area (Å²) in [6.45, 7) is 1.58. The molecule has 1 aliphatic heterocycles. The molecule has 0 atom stereocenters. The smallest absolute Gasteiger partial charge is 0.268 e. The molecule has 0 aliphatic carbocycles. The zero-order valence-corrected chi connectivity index (χ0v) is 8.55. The molecular formula is C9H12N2O2S. The topological polar surface area (TPSA) is 65.2 Å². The number of amides is 1. The van der Waals surface area contributed by atoms with Crippen molar-refractivity contribution in [2.24, 2.45) is 5.73 Å². The monoisotopic (exact) mass is 212 g/mol. The lowest BCUT2D eigenvalue weighted by Gasteiger charge is -2.19. The first-order valence-electron chi connectivity index (χ1n) is 4.60. The molecule has 76 valence electrons. The lowest BCUT2D eigenvalue weighted by Crippen LogP contribution is -2.15. The van der Waals surface area contributed by atoms with Gasteiger partial charge in [-0.15, -0.1) is 11.3 Å². The number of hydrogen-bond acceptors (Lipinski definition) is 4. The molecular weight excluding hydrogens is 200 g/mol. The van der Waals surface area contributed by atoms with Gasteiger partial charge in [0.25, 0.3) is 5.91 Å². The molecule has 2 N–H and O–H groups in total. The van der Waals surface area contributed by atoms with Crippen molar-refractivity contribution in [3.8, 4) is 0 Å². The summed E-state index contributed by atoms with van der Waals surface area (Å²) >= 11 is 1.52. The zero-order valence-electron chi connectivity index (χ0n) is 7.73. The molecule has 1 fully saturated rings. The Bertz CT molecular complexity index is 331. The Hall–Kier alpha value is -0.940. The van der Waals surface area contributed by atoms with E-state index in [2.05, 4.69) is 4.98 Å². The number of primary amides is 1. The Morgan fingerprint density at radius 3 is 2.86 bits per heavy atom. The first kappa shape index (κ1) is 9.61. The van der Waals surface area contributed by atoms with Gasteiger partial charge in [-0.05, 0) is 12.8 Å². The lowest BCUT2D eigenvalue weighted by atomic mass is 10.0. The molecule has 1 aromatic rings. The molecule has 4 nitrogen and oxygen atoms in total. The highest BCUT2D eigenvalue weighted by atomic mass is 32.1. The third-order valence-corrected chi connectivity index (χ3v) is 3.35. The standard InChI is InChI=1S/C9H12N2O2S/c10-8(12)7-5-14-9(11-7)6-1-3-13-4-2-6/h5-6H,1-4H2,(H2,10,12). The van der Waals surface area contributed by atoms with Crippen molar-refractivity contribution < 1.29 is 9.53 Å². The van der Waals surface area contributed by atoms with E-state index < -0.39 is 5.91 Å².